The molecular weight excluding hydrogens is 446 g/mol. The fourth-order valence-electron chi connectivity index (χ4n) is 3.47. The van der Waals surface area contributed by atoms with E-state index in [-0.39, 0.29) is 18.5 Å². The summed E-state index contributed by atoms with van der Waals surface area (Å²) in [5, 5.41) is 48.7. The summed E-state index contributed by atoms with van der Waals surface area (Å²) in [6.07, 6.45) is -7.15. The lowest BCUT2D eigenvalue weighted by Gasteiger charge is -2.28. The second-order valence-corrected chi connectivity index (χ2v) is 8.55. The summed E-state index contributed by atoms with van der Waals surface area (Å²) in [5.74, 6) is 0.0268. The van der Waals surface area contributed by atoms with Gasteiger partial charge in [-0.3, -0.25) is 4.79 Å². The Labute approximate surface area is 197 Å². The molecule has 0 aliphatic rings. The summed E-state index contributed by atoms with van der Waals surface area (Å²) in [6, 6.07) is 3.51. The van der Waals surface area contributed by atoms with Gasteiger partial charge in [0.25, 0.3) is 0 Å². The van der Waals surface area contributed by atoms with Crippen LogP contribution in [0.1, 0.15) is 23.6 Å². The van der Waals surface area contributed by atoms with Crippen LogP contribution < -0.4 is 10.4 Å². The van der Waals surface area contributed by atoms with Crippen molar-refractivity contribution in [3.05, 3.63) is 51.4 Å². The molecule has 0 saturated heterocycles. The largest absolute Gasteiger partial charge is 0.489 e. The molecule has 10 nitrogen and oxygen atoms in total. The van der Waals surface area contributed by atoms with E-state index in [1.807, 2.05) is 6.92 Å². The molecule has 0 unspecified atom stereocenters. The molecule has 2 rings (SSSR count). The van der Waals surface area contributed by atoms with Gasteiger partial charge < -0.3 is 39.6 Å². The zero-order valence-electron chi connectivity index (χ0n) is 19.8. The average Bonchev–Trinajstić information content (AvgIpc) is 2.79. The molecule has 4 atom stereocenters. The predicted octanol–water partition coefficient (Wildman–Crippen LogP) is -0.198. The molecule has 0 fully saturated rings. The standard InChI is InChI=1S/C24H33NO9/c1-12(2)11-33-19-7-6-15-13(3)16(24(32)34-23(15)14(19)4)8-20(29)25(5)9-17(27)21(30)22(31)18(28)10-26/h6-7,17-18,21-22,26-28,30-31H,1,8-11H2,2-5H3/t17-,18-,21-,22-/m1/s1. The second-order valence-electron chi connectivity index (χ2n) is 8.55. The first-order chi connectivity index (χ1) is 15.9. The smallest absolute Gasteiger partial charge is 0.340 e. The number of aliphatic hydroxyl groups is 5. The van der Waals surface area contributed by atoms with Crippen molar-refractivity contribution in [3.8, 4) is 5.75 Å². The number of ether oxygens (including phenoxy) is 1. The van der Waals surface area contributed by atoms with Gasteiger partial charge in [-0.05, 0) is 44.0 Å². The normalized spacial score (nSPS) is 15.0. The lowest BCUT2D eigenvalue weighted by atomic mass is 10.0. The molecule has 34 heavy (non-hydrogen) atoms. The van der Waals surface area contributed by atoms with Gasteiger partial charge >= 0.3 is 5.63 Å². The number of rotatable bonds is 11. The molecule has 1 heterocycles. The van der Waals surface area contributed by atoms with E-state index in [1.165, 1.54) is 7.05 Å². The van der Waals surface area contributed by atoms with Gasteiger partial charge in [0.05, 0.1) is 18.6 Å². The number of hydrogen-bond acceptors (Lipinski definition) is 9. The van der Waals surface area contributed by atoms with Gasteiger partial charge in [0.15, 0.2) is 0 Å². The van der Waals surface area contributed by atoms with E-state index in [0.29, 0.717) is 34.5 Å². The molecule has 0 bridgehead atoms. The molecule has 2 aromatic rings. The van der Waals surface area contributed by atoms with Crippen LogP contribution in [-0.2, 0) is 11.2 Å². The summed E-state index contributed by atoms with van der Waals surface area (Å²) in [4.78, 5) is 26.5. The zero-order chi connectivity index (χ0) is 25.7. The van der Waals surface area contributed by atoms with Gasteiger partial charge in [0.2, 0.25) is 5.91 Å². The average molecular weight is 480 g/mol. The van der Waals surface area contributed by atoms with Crippen LogP contribution >= 0.6 is 0 Å². The molecule has 1 aromatic heterocycles. The number of nitrogens with zero attached hydrogens (tertiary/aromatic N) is 1. The quantitative estimate of drug-likeness (QED) is 0.217. The van der Waals surface area contributed by atoms with E-state index >= 15 is 0 Å². The van der Waals surface area contributed by atoms with Crippen LogP contribution in [0.15, 0.2) is 33.5 Å². The van der Waals surface area contributed by atoms with Crippen LogP contribution in [0.25, 0.3) is 11.0 Å². The summed E-state index contributed by atoms with van der Waals surface area (Å²) in [6.45, 7) is 8.24. The van der Waals surface area contributed by atoms with E-state index in [1.54, 1.807) is 26.0 Å². The van der Waals surface area contributed by atoms with Crippen LogP contribution in [0.2, 0.25) is 0 Å². The molecule has 0 aliphatic heterocycles. The highest BCUT2D eigenvalue weighted by Gasteiger charge is 2.31. The first-order valence-electron chi connectivity index (χ1n) is 10.8. The van der Waals surface area contributed by atoms with Crippen LogP contribution in [0.5, 0.6) is 5.75 Å². The Bertz CT molecular complexity index is 1090. The highest BCUT2D eigenvalue weighted by atomic mass is 16.5. The lowest BCUT2D eigenvalue weighted by molar-refractivity contribution is -0.137. The SMILES string of the molecule is C=C(C)COc1ccc2c(C)c(CC(=O)N(C)C[C@@H](O)[C@@H](O)[C@H](O)[C@H](O)CO)c(=O)oc2c1C. The Kier molecular flexibility index (Phi) is 9.37. The number of hydrogen-bond donors (Lipinski definition) is 5. The number of carbonyl (C=O) groups is 1. The van der Waals surface area contributed by atoms with Gasteiger partial charge in [-0.2, -0.15) is 0 Å². The third-order valence-corrected chi connectivity index (χ3v) is 5.67. The van der Waals surface area contributed by atoms with Crippen molar-refractivity contribution in [1.29, 1.82) is 0 Å². The minimum Gasteiger partial charge on any atom is -0.489 e. The maximum Gasteiger partial charge on any atom is 0.340 e. The fourth-order valence-corrected chi connectivity index (χ4v) is 3.47. The third-order valence-electron chi connectivity index (χ3n) is 5.67. The van der Waals surface area contributed by atoms with Crippen molar-refractivity contribution in [1.82, 2.24) is 4.90 Å². The monoisotopic (exact) mass is 479 g/mol. The van der Waals surface area contributed by atoms with Crippen molar-refractivity contribution in [2.45, 2.75) is 51.6 Å². The minimum atomic E-state index is -1.80. The van der Waals surface area contributed by atoms with Crippen molar-refractivity contribution in [2.75, 3.05) is 26.8 Å². The number of amides is 1. The number of fused-ring (bicyclic) bond motifs is 1. The molecule has 0 aliphatic carbocycles. The summed E-state index contributed by atoms with van der Waals surface area (Å²) in [5.41, 5.74) is 1.91. The topological polar surface area (TPSA) is 161 Å². The first-order valence-corrected chi connectivity index (χ1v) is 10.8. The number of aryl methyl sites for hydroxylation is 2. The van der Waals surface area contributed by atoms with Crippen molar-refractivity contribution >= 4 is 16.9 Å². The third kappa shape index (κ3) is 6.22. The predicted molar refractivity (Wildman–Crippen MR) is 125 cm³/mol. The van der Waals surface area contributed by atoms with Gasteiger partial charge in [-0.25, -0.2) is 4.79 Å². The number of aliphatic hydroxyl groups excluding tert-OH is 5. The maximum atomic E-state index is 12.7. The van der Waals surface area contributed by atoms with Gasteiger partial charge in [0, 0.05) is 24.5 Å². The summed E-state index contributed by atoms with van der Waals surface area (Å²) < 4.78 is 11.2. The minimum absolute atomic E-state index is 0.158. The molecule has 188 valence electrons. The Morgan fingerprint density at radius 1 is 1.12 bits per heavy atom. The number of carbonyl (C=O) groups excluding carboxylic acids is 1. The molecule has 10 heteroatoms. The van der Waals surface area contributed by atoms with Crippen LogP contribution in [0, 0.1) is 13.8 Å². The van der Waals surface area contributed by atoms with Gasteiger partial charge in [0.1, 0.15) is 42.4 Å². The van der Waals surface area contributed by atoms with Crippen LogP contribution in [-0.4, -0.2) is 87.6 Å². The summed E-state index contributed by atoms with van der Waals surface area (Å²) >= 11 is 0. The Morgan fingerprint density at radius 3 is 2.32 bits per heavy atom. The Balaban J connectivity index is 2.21. The molecule has 1 amide bonds. The van der Waals surface area contributed by atoms with Crippen molar-refractivity contribution in [3.63, 3.8) is 0 Å². The second kappa shape index (κ2) is 11.6. The van der Waals surface area contributed by atoms with E-state index in [4.69, 9.17) is 14.3 Å². The van der Waals surface area contributed by atoms with E-state index in [9.17, 15) is 30.0 Å². The van der Waals surface area contributed by atoms with E-state index in [0.717, 1.165) is 10.5 Å². The molecule has 0 saturated carbocycles. The lowest BCUT2D eigenvalue weighted by Crippen LogP contribution is -2.50. The van der Waals surface area contributed by atoms with Gasteiger partial charge in [-0.1, -0.05) is 6.58 Å². The van der Waals surface area contributed by atoms with E-state index < -0.39 is 42.6 Å². The van der Waals surface area contributed by atoms with Gasteiger partial charge in [-0.15, -0.1) is 0 Å². The van der Waals surface area contributed by atoms with Crippen molar-refractivity contribution in [2.24, 2.45) is 0 Å². The fraction of sp³-hybridized carbons (Fsp3) is 0.500. The molecule has 0 spiro atoms. The molecular formula is C24H33NO9. The molecule has 0 radical (unpaired) electrons. The maximum absolute atomic E-state index is 12.7. The number of benzene rings is 1. The summed E-state index contributed by atoms with van der Waals surface area (Å²) in [7, 11) is 1.36. The van der Waals surface area contributed by atoms with Crippen LogP contribution in [0.3, 0.4) is 0 Å². The first kappa shape index (κ1) is 27.5. The highest BCUT2D eigenvalue weighted by molar-refractivity contribution is 5.87. The van der Waals surface area contributed by atoms with E-state index in [2.05, 4.69) is 6.58 Å². The highest BCUT2D eigenvalue weighted by Crippen LogP contribution is 2.29. The molecule has 1 aromatic carbocycles. The molecule has 5 N–H and O–H groups in total. The number of likely N-dealkylation sites (N-methyl/N-ethyl adjacent to an activating group) is 1. The van der Waals surface area contributed by atoms with Crippen LogP contribution in [0.4, 0.5) is 0 Å². The van der Waals surface area contributed by atoms with Crippen molar-refractivity contribution < 1.29 is 39.5 Å². The zero-order valence-corrected chi connectivity index (χ0v) is 19.8. The Morgan fingerprint density at radius 2 is 1.74 bits per heavy atom. The Hall–Kier alpha value is -2.76.